The molecule has 0 spiro atoms. The highest BCUT2D eigenvalue weighted by Crippen LogP contribution is 2.24. The number of nitrogens with one attached hydrogen (secondary N) is 2. The Morgan fingerprint density at radius 3 is 2.40 bits per heavy atom. The largest absolute Gasteiger partial charge is 0.480 e. The Labute approximate surface area is 117 Å². The minimum absolute atomic E-state index is 0.0274. The molecule has 1 saturated carbocycles. The fourth-order valence-corrected chi connectivity index (χ4v) is 2.28. The first-order valence-corrected chi connectivity index (χ1v) is 6.95. The summed E-state index contributed by atoms with van der Waals surface area (Å²) in [5.41, 5.74) is 0. The van der Waals surface area contributed by atoms with Crippen LogP contribution in [0.15, 0.2) is 0 Å². The van der Waals surface area contributed by atoms with E-state index >= 15 is 0 Å². The topological polar surface area (TPSA) is 116 Å². The quantitative estimate of drug-likeness (QED) is 0.486. The van der Waals surface area contributed by atoms with E-state index in [1.165, 1.54) is 0 Å². The van der Waals surface area contributed by atoms with Gasteiger partial charge in [0.25, 0.3) is 0 Å². The number of carbonyl (C=O) groups excluding carboxylic acids is 2. The number of carboxylic acids is 1. The van der Waals surface area contributed by atoms with E-state index in [0.717, 1.165) is 25.7 Å². The molecule has 0 heterocycles. The molecular formula is C13H22N2O5. The molecule has 0 aromatic carbocycles. The van der Waals surface area contributed by atoms with Crippen LogP contribution in [-0.2, 0) is 14.4 Å². The lowest BCUT2D eigenvalue weighted by molar-refractivity contribution is -0.142. The van der Waals surface area contributed by atoms with E-state index in [-0.39, 0.29) is 37.8 Å². The van der Waals surface area contributed by atoms with E-state index in [1.54, 1.807) is 0 Å². The molecule has 0 aromatic rings. The van der Waals surface area contributed by atoms with Gasteiger partial charge in [-0.15, -0.1) is 0 Å². The van der Waals surface area contributed by atoms with E-state index in [9.17, 15) is 14.4 Å². The summed E-state index contributed by atoms with van der Waals surface area (Å²) < 4.78 is 0. The maximum atomic E-state index is 11.7. The van der Waals surface area contributed by atoms with Crippen LogP contribution in [-0.4, -0.2) is 47.2 Å². The van der Waals surface area contributed by atoms with Crippen molar-refractivity contribution in [2.45, 2.75) is 44.6 Å². The fourth-order valence-electron chi connectivity index (χ4n) is 2.28. The summed E-state index contributed by atoms with van der Waals surface area (Å²) in [6, 6.07) is -1.09. The third kappa shape index (κ3) is 5.56. The lowest BCUT2D eigenvalue weighted by Gasteiger charge is -2.14. The second kappa shape index (κ2) is 8.52. The summed E-state index contributed by atoms with van der Waals surface area (Å²) in [5.74, 6) is -1.60. The molecule has 1 aliphatic carbocycles. The van der Waals surface area contributed by atoms with E-state index in [0.29, 0.717) is 0 Å². The Hall–Kier alpha value is -1.63. The minimum Gasteiger partial charge on any atom is -0.480 e. The fraction of sp³-hybridized carbons (Fsp3) is 0.769. The number of hydrogen-bond acceptors (Lipinski definition) is 4. The highest BCUT2D eigenvalue weighted by atomic mass is 16.4. The predicted octanol–water partition coefficient (Wildman–Crippen LogP) is -0.365. The van der Waals surface area contributed by atoms with Crippen LogP contribution in [0, 0.1) is 5.92 Å². The summed E-state index contributed by atoms with van der Waals surface area (Å²) in [7, 11) is 0. The van der Waals surface area contributed by atoms with Gasteiger partial charge in [0.1, 0.15) is 6.04 Å². The van der Waals surface area contributed by atoms with E-state index in [4.69, 9.17) is 10.2 Å². The van der Waals surface area contributed by atoms with Gasteiger partial charge in [0.2, 0.25) is 11.8 Å². The Morgan fingerprint density at radius 2 is 1.85 bits per heavy atom. The number of amides is 2. The normalized spacial score (nSPS) is 16.6. The zero-order valence-electron chi connectivity index (χ0n) is 11.4. The van der Waals surface area contributed by atoms with Gasteiger partial charge in [-0.3, -0.25) is 9.59 Å². The third-order valence-electron chi connectivity index (χ3n) is 3.43. The van der Waals surface area contributed by atoms with Crippen molar-refractivity contribution in [1.82, 2.24) is 10.6 Å². The number of aliphatic hydroxyl groups excluding tert-OH is 1. The van der Waals surface area contributed by atoms with Crippen molar-refractivity contribution in [2.75, 3.05) is 13.2 Å². The first-order valence-electron chi connectivity index (χ1n) is 6.95. The molecule has 0 saturated heterocycles. The smallest absolute Gasteiger partial charge is 0.326 e. The van der Waals surface area contributed by atoms with Gasteiger partial charge in [0, 0.05) is 31.9 Å². The predicted molar refractivity (Wildman–Crippen MR) is 70.9 cm³/mol. The highest BCUT2D eigenvalue weighted by Gasteiger charge is 2.23. The molecule has 4 N–H and O–H groups in total. The number of carboxylic acid groups (broad SMARTS) is 1. The number of aliphatic hydroxyl groups is 1. The zero-order valence-corrected chi connectivity index (χ0v) is 11.4. The van der Waals surface area contributed by atoms with Crippen molar-refractivity contribution in [2.24, 2.45) is 5.92 Å². The lowest BCUT2D eigenvalue weighted by atomic mass is 10.1. The van der Waals surface area contributed by atoms with Crippen molar-refractivity contribution >= 4 is 17.8 Å². The lowest BCUT2D eigenvalue weighted by Crippen LogP contribution is -2.42. The monoisotopic (exact) mass is 286 g/mol. The summed E-state index contributed by atoms with van der Waals surface area (Å²) in [6.45, 7) is -0.109. The molecule has 0 radical (unpaired) electrons. The molecule has 0 aromatic heterocycles. The Balaban J connectivity index is 2.21. The molecule has 114 valence electrons. The van der Waals surface area contributed by atoms with Gasteiger partial charge in [0.15, 0.2) is 0 Å². The maximum Gasteiger partial charge on any atom is 0.326 e. The van der Waals surface area contributed by atoms with Crippen LogP contribution in [0.25, 0.3) is 0 Å². The summed E-state index contributed by atoms with van der Waals surface area (Å²) in [5, 5.41) is 22.5. The van der Waals surface area contributed by atoms with Gasteiger partial charge < -0.3 is 20.8 Å². The first kappa shape index (κ1) is 16.4. The molecule has 1 unspecified atom stereocenters. The van der Waals surface area contributed by atoms with Crippen molar-refractivity contribution in [3.8, 4) is 0 Å². The molecular weight excluding hydrogens is 264 g/mol. The zero-order chi connectivity index (χ0) is 15.0. The average molecular weight is 286 g/mol. The number of carbonyl (C=O) groups is 3. The van der Waals surface area contributed by atoms with Crippen molar-refractivity contribution in [1.29, 1.82) is 0 Å². The van der Waals surface area contributed by atoms with Gasteiger partial charge >= 0.3 is 5.97 Å². The van der Waals surface area contributed by atoms with E-state index in [1.807, 2.05) is 0 Å². The molecule has 1 atom stereocenters. The van der Waals surface area contributed by atoms with Crippen molar-refractivity contribution in [3.05, 3.63) is 0 Å². The summed E-state index contributed by atoms with van der Waals surface area (Å²) in [6.07, 6.45) is 3.94. The molecule has 7 nitrogen and oxygen atoms in total. The second-order valence-electron chi connectivity index (χ2n) is 4.99. The van der Waals surface area contributed by atoms with Gasteiger partial charge in [0.05, 0.1) is 0 Å². The first-order chi connectivity index (χ1) is 9.54. The molecule has 7 heteroatoms. The SMILES string of the molecule is O=C(CCNC(=O)C1CCCC1)NC(CCO)C(=O)O. The second-order valence-corrected chi connectivity index (χ2v) is 4.99. The molecule has 1 fully saturated rings. The van der Waals surface area contributed by atoms with Crippen molar-refractivity contribution in [3.63, 3.8) is 0 Å². The highest BCUT2D eigenvalue weighted by molar-refractivity contribution is 5.84. The van der Waals surface area contributed by atoms with Crippen LogP contribution in [0.2, 0.25) is 0 Å². The van der Waals surface area contributed by atoms with Crippen LogP contribution in [0.4, 0.5) is 0 Å². The Bertz CT molecular complexity index is 353. The third-order valence-corrected chi connectivity index (χ3v) is 3.43. The van der Waals surface area contributed by atoms with E-state index in [2.05, 4.69) is 10.6 Å². The van der Waals surface area contributed by atoms with Gasteiger partial charge in [-0.05, 0) is 12.8 Å². The number of aliphatic carboxylic acids is 1. The molecule has 2 amide bonds. The Kier molecular flexibility index (Phi) is 7.00. The van der Waals surface area contributed by atoms with Crippen LogP contribution in [0.3, 0.4) is 0 Å². The van der Waals surface area contributed by atoms with Gasteiger partial charge in [-0.2, -0.15) is 0 Å². The van der Waals surface area contributed by atoms with Crippen molar-refractivity contribution < 1.29 is 24.6 Å². The van der Waals surface area contributed by atoms with Crippen LogP contribution in [0.1, 0.15) is 38.5 Å². The summed E-state index contributed by atoms with van der Waals surface area (Å²) in [4.78, 5) is 34.0. The molecule has 0 bridgehead atoms. The Morgan fingerprint density at radius 1 is 1.20 bits per heavy atom. The number of rotatable bonds is 8. The standard InChI is InChI=1S/C13H22N2O5/c16-8-6-10(13(19)20)15-11(17)5-7-14-12(18)9-3-1-2-4-9/h9-10,16H,1-8H2,(H,14,18)(H,15,17)(H,19,20). The molecule has 1 rings (SSSR count). The van der Waals surface area contributed by atoms with Crippen LogP contribution in [0.5, 0.6) is 0 Å². The minimum atomic E-state index is -1.18. The van der Waals surface area contributed by atoms with E-state index < -0.39 is 17.9 Å². The molecule has 0 aliphatic heterocycles. The van der Waals surface area contributed by atoms with Crippen LogP contribution < -0.4 is 10.6 Å². The van der Waals surface area contributed by atoms with Crippen LogP contribution >= 0.6 is 0 Å². The number of hydrogen-bond donors (Lipinski definition) is 4. The summed E-state index contributed by atoms with van der Waals surface area (Å²) >= 11 is 0. The maximum absolute atomic E-state index is 11.7. The van der Waals surface area contributed by atoms with Gasteiger partial charge in [-0.25, -0.2) is 4.79 Å². The average Bonchev–Trinajstić information content (AvgIpc) is 2.91. The molecule has 1 aliphatic rings. The van der Waals surface area contributed by atoms with Gasteiger partial charge in [-0.1, -0.05) is 12.8 Å². The molecule has 20 heavy (non-hydrogen) atoms.